The first-order valence-corrected chi connectivity index (χ1v) is 4.12. The van der Waals surface area contributed by atoms with E-state index in [1.54, 1.807) is 12.1 Å². The van der Waals surface area contributed by atoms with Gasteiger partial charge in [0.25, 0.3) is 5.91 Å². The van der Waals surface area contributed by atoms with Crippen molar-refractivity contribution in [2.75, 3.05) is 5.32 Å². The molecule has 1 atom stereocenters. The van der Waals surface area contributed by atoms with Crippen LogP contribution >= 0.6 is 0 Å². The molecule has 1 aromatic heterocycles. The number of amides is 1. The highest BCUT2D eigenvalue weighted by Crippen LogP contribution is 2.08. The fourth-order valence-corrected chi connectivity index (χ4v) is 0.947. The highest BCUT2D eigenvalue weighted by Gasteiger charge is 2.03. The molecule has 0 spiro atoms. The van der Waals surface area contributed by atoms with E-state index in [-0.39, 0.29) is 11.7 Å². The van der Waals surface area contributed by atoms with E-state index < -0.39 is 5.91 Å². The Morgan fingerprint density at radius 2 is 2.50 bits per heavy atom. The summed E-state index contributed by atoms with van der Waals surface area (Å²) in [6.45, 7) is 1.84. The standard InChI is InChI=1S/C10H11N3O/c1-3-7(2)13-8-4-5-12-9(6-8)10(11)14/h1,4-7H,2H3,(H2,11,14)(H,12,13). The second-order valence-corrected chi connectivity index (χ2v) is 2.83. The van der Waals surface area contributed by atoms with E-state index in [1.807, 2.05) is 6.92 Å². The van der Waals surface area contributed by atoms with Crippen molar-refractivity contribution in [3.63, 3.8) is 0 Å². The van der Waals surface area contributed by atoms with Gasteiger partial charge in [-0.05, 0) is 19.1 Å². The third-order valence-electron chi connectivity index (χ3n) is 1.65. The maximum Gasteiger partial charge on any atom is 0.267 e. The summed E-state index contributed by atoms with van der Waals surface area (Å²) in [5, 5.41) is 3.00. The number of rotatable bonds is 3. The number of hydrogen-bond donors (Lipinski definition) is 2. The van der Waals surface area contributed by atoms with Gasteiger partial charge in [-0.25, -0.2) is 0 Å². The average molecular weight is 189 g/mol. The fourth-order valence-electron chi connectivity index (χ4n) is 0.947. The Bertz CT molecular complexity index is 381. The van der Waals surface area contributed by atoms with Crippen LogP contribution in [0.2, 0.25) is 0 Å². The molecule has 4 heteroatoms. The molecule has 0 fully saturated rings. The number of aromatic nitrogens is 1. The van der Waals surface area contributed by atoms with Crippen molar-refractivity contribution in [3.8, 4) is 12.3 Å². The van der Waals surface area contributed by atoms with Crippen molar-refractivity contribution in [2.24, 2.45) is 5.73 Å². The van der Waals surface area contributed by atoms with Crippen LogP contribution < -0.4 is 11.1 Å². The number of primary amides is 1. The number of nitrogens with zero attached hydrogens (tertiary/aromatic N) is 1. The molecule has 1 unspecified atom stereocenters. The Morgan fingerprint density at radius 3 is 3.07 bits per heavy atom. The second kappa shape index (κ2) is 4.28. The monoisotopic (exact) mass is 189 g/mol. The molecule has 1 heterocycles. The van der Waals surface area contributed by atoms with Gasteiger partial charge in [0, 0.05) is 11.9 Å². The normalized spacial score (nSPS) is 11.4. The highest BCUT2D eigenvalue weighted by atomic mass is 16.1. The molecule has 1 rings (SSSR count). The minimum absolute atomic E-state index is 0.0990. The van der Waals surface area contributed by atoms with Crippen molar-refractivity contribution >= 4 is 11.6 Å². The lowest BCUT2D eigenvalue weighted by atomic mass is 10.2. The Morgan fingerprint density at radius 1 is 1.79 bits per heavy atom. The molecule has 0 aliphatic carbocycles. The van der Waals surface area contributed by atoms with E-state index in [0.29, 0.717) is 0 Å². The lowest BCUT2D eigenvalue weighted by molar-refractivity contribution is 0.0995. The highest BCUT2D eigenvalue weighted by molar-refractivity contribution is 5.91. The van der Waals surface area contributed by atoms with E-state index in [2.05, 4.69) is 16.2 Å². The first-order chi connectivity index (χ1) is 6.63. The number of carbonyl (C=O) groups is 1. The zero-order chi connectivity index (χ0) is 10.6. The van der Waals surface area contributed by atoms with Gasteiger partial charge in [0.15, 0.2) is 0 Å². The molecule has 0 aliphatic rings. The summed E-state index contributed by atoms with van der Waals surface area (Å²) >= 11 is 0. The molecule has 3 N–H and O–H groups in total. The van der Waals surface area contributed by atoms with Gasteiger partial charge in [0.1, 0.15) is 5.69 Å². The number of carbonyl (C=O) groups excluding carboxylic acids is 1. The van der Waals surface area contributed by atoms with Crippen LogP contribution in [0.3, 0.4) is 0 Å². The van der Waals surface area contributed by atoms with Crippen LogP contribution in [0, 0.1) is 12.3 Å². The molecule has 0 bridgehead atoms. The molecule has 0 saturated carbocycles. The zero-order valence-electron chi connectivity index (χ0n) is 7.82. The Labute approximate surface area is 82.5 Å². The van der Waals surface area contributed by atoms with Crippen molar-refractivity contribution in [1.29, 1.82) is 0 Å². The molecular weight excluding hydrogens is 178 g/mol. The quantitative estimate of drug-likeness (QED) is 0.685. The van der Waals surface area contributed by atoms with Crippen LogP contribution in [-0.4, -0.2) is 16.9 Å². The lowest BCUT2D eigenvalue weighted by Crippen LogP contribution is -2.15. The van der Waals surface area contributed by atoms with E-state index in [1.165, 1.54) is 6.20 Å². The average Bonchev–Trinajstić information content (AvgIpc) is 2.18. The maximum atomic E-state index is 10.8. The largest absolute Gasteiger partial charge is 0.372 e. The predicted octanol–water partition coefficient (Wildman–Crippen LogP) is 0.614. The van der Waals surface area contributed by atoms with Crippen LogP contribution in [0.4, 0.5) is 5.69 Å². The molecular formula is C10H11N3O. The maximum absolute atomic E-state index is 10.8. The van der Waals surface area contributed by atoms with E-state index in [0.717, 1.165) is 5.69 Å². The van der Waals surface area contributed by atoms with Crippen LogP contribution in [0.1, 0.15) is 17.4 Å². The van der Waals surface area contributed by atoms with Crippen LogP contribution in [0.15, 0.2) is 18.3 Å². The van der Waals surface area contributed by atoms with Crippen molar-refractivity contribution in [1.82, 2.24) is 4.98 Å². The van der Waals surface area contributed by atoms with Crippen LogP contribution in [-0.2, 0) is 0 Å². The van der Waals surface area contributed by atoms with Crippen molar-refractivity contribution < 1.29 is 4.79 Å². The molecule has 1 amide bonds. The number of anilines is 1. The summed E-state index contributed by atoms with van der Waals surface area (Å²) in [6, 6.07) is 3.19. The second-order valence-electron chi connectivity index (χ2n) is 2.83. The minimum atomic E-state index is -0.554. The van der Waals surface area contributed by atoms with Gasteiger partial charge in [-0.2, -0.15) is 0 Å². The summed E-state index contributed by atoms with van der Waals surface area (Å²) in [5.41, 5.74) is 6.03. The number of pyridine rings is 1. The van der Waals surface area contributed by atoms with Gasteiger partial charge in [-0.3, -0.25) is 9.78 Å². The van der Waals surface area contributed by atoms with E-state index in [9.17, 15) is 4.79 Å². The lowest BCUT2D eigenvalue weighted by Gasteiger charge is -2.08. The number of nitrogens with two attached hydrogens (primary N) is 1. The number of terminal acetylenes is 1. The van der Waals surface area contributed by atoms with Crippen molar-refractivity contribution in [3.05, 3.63) is 24.0 Å². The Kier molecular flexibility index (Phi) is 3.08. The predicted molar refractivity (Wildman–Crippen MR) is 54.7 cm³/mol. The molecule has 4 nitrogen and oxygen atoms in total. The molecule has 0 radical (unpaired) electrons. The van der Waals surface area contributed by atoms with Gasteiger partial charge in [0.05, 0.1) is 6.04 Å². The van der Waals surface area contributed by atoms with Gasteiger partial charge in [-0.15, -0.1) is 6.42 Å². The van der Waals surface area contributed by atoms with E-state index >= 15 is 0 Å². The Hall–Kier alpha value is -2.02. The molecule has 14 heavy (non-hydrogen) atoms. The smallest absolute Gasteiger partial charge is 0.267 e. The Balaban J connectivity index is 2.85. The molecule has 0 saturated heterocycles. The van der Waals surface area contributed by atoms with Gasteiger partial charge < -0.3 is 11.1 Å². The fraction of sp³-hybridized carbons (Fsp3) is 0.200. The van der Waals surface area contributed by atoms with Crippen LogP contribution in [0.25, 0.3) is 0 Å². The molecule has 0 aliphatic heterocycles. The third kappa shape index (κ3) is 2.49. The van der Waals surface area contributed by atoms with Gasteiger partial charge in [-0.1, -0.05) is 5.92 Å². The van der Waals surface area contributed by atoms with Crippen LogP contribution in [0.5, 0.6) is 0 Å². The first-order valence-electron chi connectivity index (χ1n) is 4.12. The summed E-state index contributed by atoms with van der Waals surface area (Å²) < 4.78 is 0. The zero-order valence-corrected chi connectivity index (χ0v) is 7.82. The topological polar surface area (TPSA) is 68.0 Å². The number of hydrogen-bond acceptors (Lipinski definition) is 3. The summed E-state index contributed by atoms with van der Waals surface area (Å²) in [7, 11) is 0. The number of nitrogens with one attached hydrogen (secondary N) is 1. The van der Waals surface area contributed by atoms with Gasteiger partial charge >= 0.3 is 0 Å². The minimum Gasteiger partial charge on any atom is -0.372 e. The first kappa shape index (κ1) is 10.1. The molecule has 72 valence electrons. The summed E-state index contributed by atoms with van der Waals surface area (Å²) in [4.78, 5) is 14.6. The summed E-state index contributed by atoms with van der Waals surface area (Å²) in [6.07, 6.45) is 6.70. The van der Waals surface area contributed by atoms with E-state index in [4.69, 9.17) is 12.2 Å². The third-order valence-corrected chi connectivity index (χ3v) is 1.65. The summed E-state index contributed by atoms with van der Waals surface area (Å²) in [5.74, 6) is 1.96. The molecule has 0 aromatic carbocycles. The van der Waals surface area contributed by atoms with Crippen molar-refractivity contribution in [2.45, 2.75) is 13.0 Å². The SMILES string of the molecule is C#CC(C)Nc1ccnc(C(N)=O)c1. The molecule has 1 aromatic rings. The van der Waals surface area contributed by atoms with Gasteiger partial charge in [0.2, 0.25) is 0 Å².